The Morgan fingerprint density at radius 1 is 1.26 bits per heavy atom. The fourth-order valence-corrected chi connectivity index (χ4v) is 4.90. The fourth-order valence-electron chi connectivity index (χ4n) is 3.71. The molecule has 0 bridgehead atoms. The smallest absolute Gasteiger partial charge is 0.326 e. The molecule has 23 heavy (non-hydrogen) atoms. The maximum atomic E-state index is 12.9. The predicted octanol–water partition coefficient (Wildman–Crippen LogP) is 3.43. The average molecular weight is 336 g/mol. The summed E-state index contributed by atoms with van der Waals surface area (Å²) in [5.74, 6) is -0.222. The van der Waals surface area contributed by atoms with Crippen molar-refractivity contribution in [2.45, 2.75) is 64.3 Å². The molecular formula is C17H24N2O3S. The lowest BCUT2D eigenvalue weighted by Gasteiger charge is -2.35. The molecular weight excluding hydrogens is 312 g/mol. The second kappa shape index (κ2) is 6.59. The van der Waals surface area contributed by atoms with E-state index >= 15 is 0 Å². The number of carboxylic acids is 1. The summed E-state index contributed by atoms with van der Waals surface area (Å²) in [6.45, 7) is 4.44. The van der Waals surface area contributed by atoms with Gasteiger partial charge in [0, 0.05) is 12.5 Å². The second-order valence-corrected chi connectivity index (χ2v) is 7.96. The van der Waals surface area contributed by atoms with Crippen LogP contribution in [0.15, 0.2) is 0 Å². The van der Waals surface area contributed by atoms with E-state index in [1.54, 1.807) is 4.90 Å². The number of likely N-dealkylation sites (tertiary alicyclic amines) is 1. The summed E-state index contributed by atoms with van der Waals surface area (Å²) in [5, 5.41) is 10.5. The Kier molecular flexibility index (Phi) is 4.71. The minimum atomic E-state index is -0.900. The number of rotatable bonds is 3. The van der Waals surface area contributed by atoms with Crippen LogP contribution in [0.1, 0.15) is 71.7 Å². The van der Waals surface area contributed by atoms with Crippen molar-refractivity contribution in [2.24, 2.45) is 5.92 Å². The molecule has 5 nitrogen and oxygen atoms in total. The molecule has 3 rings (SSSR count). The number of amides is 1. The molecule has 0 spiro atoms. The molecule has 2 heterocycles. The van der Waals surface area contributed by atoms with E-state index in [9.17, 15) is 14.7 Å². The molecule has 126 valence electrons. The van der Waals surface area contributed by atoms with E-state index in [-0.39, 0.29) is 5.91 Å². The summed E-state index contributed by atoms with van der Waals surface area (Å²) in [4.78, 5) is 31.2. The summed E-state index contributed by atoms with van der Waals surface area (Å²) in [6, 6.07) is -0.706. The SMILES string of the molecule is Cc1nc(C2CCCC2)sc1C(=O)N1CCC(C)CC1C(=O)O. The standard InChI is InChI=1S/C17H24N2O3S/c1-10-7-8-19(13(9-10)17(21)22)16(20)14-11(2)18-15(23-14)12-5-3-4-6-12/h10,12-13H,3-9H2,1-2H3,(H,21,22). The molecule has 0 aromatic carbocycles. The Balaban J connectivity index is 1.82. The van der Waals surface area contributed by atoms with Crippen molar-refractivity contribution in [3.05, 3.63) is 15.6 Å². The topological polar surface area (TPSA) is 70.5 Å². The van der Waals surface area contributed by atoms with Crippen LogP contribution in [0.4, 0.5) is 0 Å². The first kappa shape index (κ1) is 16.4. The highest BCUT2D eigenvalue weighted by Crippen LogP contribution is 2.37. The fraction of sp³-hybridized carbons (Fsp3) is 0.706. The van der Waals surface area contributed by atoms with Crippen molar-refractivity contribution in [3.63, 3.8) is 0 Å². The van der Waals surface area contributed by atoms with Crippen molar-refractivity contribution in [3.8, 4) is 0 Å². The number of carboxylic acid groups (broad SMARTS) is 1. The summed E-state index contributed by atoms with van der Waals surface area (Å²) < 4.78 is 0. The maximum Gasteiger partial charge on any atom is 0.326 e. The van der Waals surface area contributed by atoms with E-state index in [2.05, 4.69) is 4.98 Å². The molecule has 1 saturated carbocycles. The Morgan fingerprint density at radius 3 is 2.61 bits per heavy atom. The van der Waals surface area contributed by atoms with Gasteiger partial charge in [-0.2, -0.15) is 0 Å². The van der Waals surface area contributed by atoms with Gasteiger partial charge in [-0.05, 0) is 38.5 Å². The van der Waals surface area contributed by atoms with E-state index in [4.69, 9.17) is 0 Å². The van der Waals surface area contributed by atoms with E-state index in [1.807, 2.05) is 13.8 Å². The molecule has 2 aliphatic rings. The van der Waals surface area contributed by atoms with Crippen molar-refractivity contribution in [2.75, 3.05) is 6.54 Å². The number of nitrogens with zero attached hydrogens (tertiary/aromatic N) is 2. The molecule has 2 unspecified atom stereocenters. The third-order valence-electron chi connectivity index (χ3n) is 5.12. The highest BCUT2D eigenvalue weighted by Gasteiger charge is 2.36. The summed E-state index contributed by atoms with van der Waals surface area (Å²) in [6.07, 6.45) is 6.17. The molecule has 1 aromatic heterocycles. The van der Waals surface area contributed by atoms with Crippen LogP contribution in [0, 0.1) is 12.8 Å². The number of carbonyl (C=O) groups excluding carboxylic acids is 1. The lowest BCUT2D eigenvalue weighted by Crippen LogP contribution is -2.49. The van der Waals surface area contributed by atoms with Gasteiger partial charge in [-0.15, -0.1) is 11.3 Å². The molecule has 0 radical (unpaired) electrons. The second-order valence-electron chi connectivity index (χ2n) is 6.93. The van der Waals surface area contributed by atoms with Crippen molar-refractivity contribution >= 4 is 23.2 Å². The van der Waals surface area contributed by atoms with Gasteiger partial charge in [0.2, 0.25) is 0 Å². The lowest BCUT2D eigenvalue weighted by atomic mass is 9.92. The Labute approximate surface area is 140 Å². The van der Waals surface area contributed by atoms with E-state index < -0.39 is 12.0 Å². The van der Waals surface area contributed by atoms with Crippen LogP contribution in [0.2, 0.25) is 0 Å². The van der Waals surface area contributed by atoms with Crippen LogP contribution in [-0.4, -0.2) is 39.5 Å². The number of piperidine rings is 1. The highest BCUT2D eigenvalue weighted by molar-refractivity contribution is 7.13. The van der Waals surface area contributed by atoms with Crippen LogP contribution in [0.5, 0.6) is 0 Å². The molecule has 1 aliphatic carbocycles. The van der Waals surface area contributed by atoms with Crippen LogP contribution >= 0.6 is 11.3 Å². The van der Waals surface area contributed by atoms with Gasteiger partial charge >= 0.3 is 5.97 Å². The van der Waals surface area contributed by atoms with E-state index in [1.165, 1.54) is 24.2 Å². The molecule has 2 fully saturated rings. The third-order valence-corrected chi connectivity index (χ3v) is 6.43. The molecule has 1 amide bonds. The van der Waals surface area contributed by atoms with E-state index in [0.29, 0.717) is 29.7 Å². The first-order valence-electron chi connectivity index (χ1n) is 8.48. The Bertz CT molecular complexity index is 607. The number of hydrogen-bond donors (Lipinski definition) is 1. The number of aryl methyl sites for hydroxylation is 1. The highest BCUT2D eigenvalue weighted by atomic mass is 32.1. The van der Waals surface area contributed by atoms with Gasteiger partial charge in [0.15, 0.2) is 0 Å². The molecule has 1 N–H and O–H groups in total. The molecule has 1 saturated heterocycles. The quantitative estimate of drug-likeness (QED) is 0.918. The van der Waals surface area contributed by atoms with Gasteiger partial charge in [0.05, 0.1) is 10.7 Å². The number of aromatic nitrogens is 1. The average Bonchev–Trinajstić information content (AvgIpc) is 3.15. The van der Waals surface area contributed by atoms with Gasteiger partial charge in [0.1, 0.15) is 10.9 Å². The lowest BCUT2D eigenvalue weighted by molar-refractivity contribution is -0.144. The van der Waals surface area contributed by atoms with Gasteiger partial charge in [-0.3, -0.25) is 4.79 Å². The number of hydrogen-bond acceptors (Lipinski definition) is 4. The first-order chi connectivity index (χ1) is 11.0. The zero-order valence-corrected chi connectivity index (χ0v) is 14.6. The van der Waals surface area contributed by atoms with Gasteiger partial charge in [-0.25, -0.2) is 9.78 Å². The molecule has 2 atom stereocenters. The van der Waals surface area contributed by atoms with Gasteiger partial charge in [0.25, 0.3) is 5.91 Å². The van der Waals surface area contributed by atoms with Gasteiger partial charge in [-0.1, -0.05) is 19.8 Å². The van der Waals surface area contributed by atoms with Crippen LogP contribution in [0.25, 0.3) is 0 Å². The maximum absolute atomic E-state index is 12.9. The normalized spacial score (nSPS) is 25.7. The minimum absolute atomic E-state index is 0.149. The van der Waals surface area contributed by atoms with Gasteiger partial charge < -0.3 is 10.0 Å². The molecule has 1 aromatic rings. The minimum Gasteiger partial charge on any atom is -0.480 e. The number of carbonyl (C=O) groups is 2. The summed E-state index contributed by atoms with van der Waals surface area (Å²) in [7, 11) is 0. The van der Waals surface area contributed by atoms with Crippen LogP contribution in [-0.2, 0) is 4.79 Å². The van der Waals surface area contributed by atoms with Crippen LogP contribution in [0.3, 0.4) is 0 Å². The molecule has 6 heteroatoms. The largest absolute Gasteiger partial charge is 0.480 e. The van der Waals surface area contributed by atoms with E-state index in [0.717, 1.165) is 30.0 Å². The predicted molar refractivity (Wildman–Crippen MR) is 88.9 cm³/mol. The third kappa shape index (κ3) is 3.27. The van der Waals surface area contributed by atoms with Crippen molar-refractivity contribution in [1.82, 2.24) is 9.88 Å². The monoisotopic (exact) mass is 336 g/mol. The van der Waals surface area contributed by atoms with Crippen molar-refractivity contribution in [1.29, 1.82) is 0 Å². The zero-order chi connectivity index (χ0) is 16.6. The number of aliphatic carboxylic acids is 1. The zero-order valence-electron chi connectivity index (χ0n) is 13.7. The molecule has 1 aliphatic heterocycles. The Hall–Kier alpha value is -1.43. The van der Waals surface area contributed by atoms with Crippen LogP contribution < -0.4 is 0 Å². The Morgan fingerprint density at radius 2 is 1.96 bits per heavy atom. The van der Waals surface area contributed by atoms with Crippen molar-refractivity contribution < 1.29 is 14.7 Å². The first-order valence-corrected chi connectivity index (χ1v) is 9.30. The summed E-state index contributed by atoms with van der Waals surface area (Å²) >= 11 is 1.48. The summed E-state index contributed by atoms with van der Waals surface area (Å²) in [5.41, 5.74) is 0.754. The number of thiazole rings is 1.